The molecule has 4 rings (SSSR count). The van der Waals surface area contributed by atoms with Gasteiger partial charge in [-0.25, -0.2) is 0 Å². The number of hydrogen-bond acceptors (Lipinski definition) is 10. The van der Waals surface area contributed by atoms with Crippen LogP contribution in [0, 0.1) is 17.3 Å². The molecular formula is C40H65N6O5S+. The number of rotatable bonds is 20. The maximum atomic E-state index is 15.9. The molecule has 1 heterocycles. The molecule has 52 heavy (non-hydrogen) atoms. The molecule has 8 N–H and O–H groups in total. The molecule has 1 saturated heterocycles. The SMILES string of the molecule is CN[C@@H](Cc1ccccc1)C(=O)N[C@@H](CCCCN)C(=O)C(C(=O)[C@H]1SCC[N+]1(C)C)(C1CCCCC1)[C@](N)(C=O)C(=O)[C@H](N)CC1CCCCC1. The lowest BCUT2D eigenvalue weighted by molar-refractivity contribution is -0.885. The summed E-state index contributed by atoms with van der Waals surface area (Å²) in [5, 5.41) is 5.37. The first-order valence-corrected chi connectivity index (χ1v) is 20.7. The number of likely N-dealkylation sites (N-methyl/N-ethyl adjacent to an activating group) is 2. The van der Waals surface area contributed by atoms with E-state index < -0.39 is 63.6 Å². The quantitative estimate of drug-likeness (QED) is 0.0576. The number of carbonyl (C=O) groups is 5. The lowest BCUT2D eigenvalue weighted by Crippen LogP contribution is -2.77. The van der Waals surface area contributed by atoms with Crippen molar-refractivity contribution in [3.05, 3.63) is 35.9 Å². The smallest absolute Gasteiger partial charge is 0.238 e. The Bertz CT molecular complexity index is 1370. The van der Waals surface area contributed by atoms with Crippen LogP contribution in [0.3, 0.4) is 0 Å². The monoisotopic (exact) mass is 741 g/mol. The lowest BCUT2D eigenvalue weighted by Gasteiger charge is -2.51. The normalized spacial score (nSPS) is 23.8. The summed E-state index contributed by atoms with van der Waals surface area (Å²) in [5.41, 5.74) is 16.0. The molecule has 1 aromatic rings. The molecule has 2 saturated carbocycles. The van der Waals surface area contributed by atoms with Gasteiger partial charge in [0.2, 0.25) is 11.7 Å². The van der Waals surface area contributed by atoms with Crippen molar-refractivity contribution in [1.82, 2.24) is 10.6 Å². The molecule has 1 aromatic carbocycles. The van der Waals surface area contributed by atoms with Crippen molar-refractivity contribution < 1.29 is 28.5 Å². The number of aldehydes is 1. The second kappa shape index (κ2) is 19.2. The van der Waals surface area contributed by atoms with Crippen LogP contribution in [0.15, 0.2) is 30.3 Å². The summed E-state index contributed by atoms with van der Waals surface area (Å²) in [6.07, 6.45) is 10.7. The van der Waals surface area contributed by atoms with Crippen LogP contribution in [0.25, 0.3) is 0 Å². The van der Waals surface area contributed by atoms with Crippen LogP contribution in [0.4, 0.5) is 0 Å². The number of ketones is 3. The topological polar surface area (TPSA) is 187 Å². The van der Waals surface area contributed by atoms with Gasteiger partial charge in [0.1, 0.15) is 11.7 Å². The van der Waals surface area contributed by atoms with Gasteiger partial charge in [0.15, 0.2) is 22.5 Å². The van der Waals surface area contributed by atoms with Crippen molar-refractivity contribution in [3.63, 3.8) is 0 Å². The number of nitrogens with one attached hydrogen (secondary N) is 2. The maximum Gasteiger partial charge on any atom is 0.238 e. The number of nitrogens with two attached hydrogens (primary N) is 3. The number of Topliss-reactive ketones (excluding diaryl/α,β-unsaturated/α-hetero) is 3. The summed E-state index contributed by atoms with van der Waals surface area (Å²) in [6.45, 7) is 1.05. The number of amides is 1. The van der Waals surface area contributed by atoms with E-state index in [1.807, 2.05) is 44.4 Å². The Labute approximate surface area is 315 Å². The molecule has 3 aliphatic rings. The van der Waals surface area contributed by atoms with Crippen molar-refractivity contribution in [1.29, 1.82) is 0 Å². The number of nitrogens with zero attached hydrogens (tertiary/aromatic N) is 1. The fraction of sp³-hybridized carbons (Fsp3) is 0.725. The summed E-state index contributed by atoms with van der Waals surface area (Å²) in [4.78, 5) is 74.3. The fourth-order valence-electron chi connectivity index (χ4n) is 9.14. The zero-order valence-corrected chi connectivity index (χ0v) is 32.6. The fourth-order valence-corrected chi connectivity index (χ4v) is 10.8. The Hall–Kier alpha value is -2.48. The predicted molar refractivity (Wildman–Crippen MR) is 207 cm³/mol. The molecule has 0 radical (unpaired) electrons. The van der Waals surface area contributed by atoms with Crippen LogP contribution < -0.4 is 27.8 Å². The van der Waals surface area contributed by atoms with E-state index in [0.29, 0.717) is 63.7 Å². The van der Waals surface area contributed by atoms with Crippen molar-refractivity contribution in [2.24, 2.45) is 34.5 Å². The van der Waals surface area contributed by atoms with Crippen molar-refractivity contribution in [2.45, 2.75) is 125 Å². The largest absolute Gasteiger partial charge is 0.345 e. The zero-order chi connectivity index (χ0) is 37.9. The van der Waals surface area contributed by atoms with Gasteiger partial charge >= 0.3 is 0 Å². The Morgan fingerprint density at radius 3 is 2.13 bits per heavy atom. The van der Waals surface area contributed by atoms with E-state index in [2.05, 4.69) is 10.6 Å². The summed E-state index contributed by atoms with van der Waals surface area (Å²) in [7, 11) is 5.57. The highest BCUT2D eigenvalue weighted by Crippen LogP contribution is 2.51. The number of carbonyl (C=O) groups excluding carboxylic acids is 5. The molecule has 1 aliphatic heterocycles. The molecule has 11 nitrogen and oxygen atoms in total. The average Bonchev–Trinajstić information content (AvgIpc) is 3.52. The molecule has 1 amide bonds. The molecule has 6 atom stereocenters. The van der Waals surface area contributed by atoms with Gasteiger partial charge in [-0.1, -0.05) is 93.5 Å². The van der Waals surface area contributed by atoms with E-state index in [4.69, 9.17) is 17.2 Å². The van der Waals surface area contributed by atoms with Gasteiger partial charge in [-0.2, -0.15) is 0 Å². The first-order valence-electron chi connectivity index (χ1n) is 19.7. The highest BCUT2D eigenvalue weighted by Gasteiger charge is 2.71. The van der Waals surface area contributed by atoms with Crippen LogP contribution in [-0.2, 0) is 30.4 Å². The van der Waals surface area contributed by atoms with E-state index in [1.54, 1.807) is 7.05 Å². The van der Waals surface area contributed by atoms with Gasteiger partial charge < -0.3 is 37.1 Å². The minimum absolute atomic E-state index is 0.179. The van der Waals surface area contributed by atoms with E-state index >= 15 is 9.59 Å². The Balaban J connectivity index is 1.87. The van der Waals surface area contributed by atoms with Gasteiger partial charge in [0.25, 0.3) is 0 Å². The highest BCUT2D eigenvalue weighted by atomic mass is 32.2. The number of hydrogen-bond donors (Lipinski definition) is 5. The Kier molecular flexibility index (Phi) is 15.6. The second-order valence-corrected chi connectivity index (χ2v) is 17.4. The molecule has 0 spiro atoms. The second-order valence-electron chi connectivity index (χ2n) is 16.2. The summed E-state index contributed by atoms with van der Waals surface area (Å²) < 4.78 is 0.283. The highest BCUT2D eigenvalue weighted by molar-refractivity contribution is 8.00. The van der Waals surface area contributed by atoms with Gasteiger partial charge in [0, 0.05) is 5.75 Å². The van der Waals surface area contributed by atoms with Gasteiger partial charge in [0.05, 0.1) is 38.8 Å². The van der Waals surface area contributed by atoms with Crippen LogP contribution in [0.5, 0.6) is 0 Å². The Morgan fingerprint density at radius 1 is 0.942 bits per heavy atom. The first kappa shape index (κ1) is 42.3. The van der Waals surface area contributed by atoms with E-state index in [1.165, 1.54) is 11.8 Å². The summed E-state index contributed by atoms with van der Waals surface area (Å²) in [5.74, 6) is -2.11. The summed E-state index contributed by atoms with van der Waals surface area (Å²) in [6, 6.07) is 6.58. The van der Waals surface area contributed by atoms with Gasteiger partial charge in [-0.3, -0.25) is 19.2 Å². The number of quaternary nitrogens is 1. The maximum absolute atomic E-state index is 15.9. The minimum Gasteiger partial charge on any atom is -0.345 e. The van der Waals surface area contributed by atoms with Gasteiger partial charge in [-0.05, 0) is 75.9 Å². The average molecular weight is 742 g/mol. The third-order valence-electron chi connectivity index (χ3n) is 12.2. The third kappa shape index (κ3) is 9.24. The van der Waals surface area contributed by atoms with Crippen molar-refractivity contribution >= 4 is 41.3 Å². The number of benzene rings is 1. The van der Waals surface area contributed by atoms with Crippen LogP contribution in [0.1, 0.15) is 95.5 Å². The van der Waals surface area contributed by atoms with Gasteiger partial charge in [-0.15, -0.1) is 0 Å². The molecule has 2 aliphatic carbocycles. The molecule has 290 valence electrons. The van der Waals surface area contributed by atoms with Crippen molar-refractivity contribution in [3.8, 4) is 0 Å². The van der Waals surface area contributed by atoms with Crippen LogP contribution in [-0.4, -0.2) is 103 Å². The van der Waals surface area contributed by atoms with E-state index in [-0.39, 0.29) is 16.8 Å². The summed E-state index contributed by atoms with van der Waals surface area (Å²) >= 11 is 1.44. The van der Waals surface area contributed by atoms with E-state index in [0.717, 1.165) is 56.9 Å². The molecule has 0 aromatic heterocycles. The third-order valence-corrected chi connectivity index (χ3v) is 13.7. The predicted octanol–water partition coefficient (Wildman–Crippen LogP) is 3.05. The van der Waals surface area contributed by atoms with E-state index in [9.17, 15) is 14.4 Å². The van der Waals surface area contributed by atoms with Crippen LogP contribution >= 0.6 is 11.8 Å². The van der Waals surface area contributed by atoms with Crippen LogP contribution in [0.2, 0.25) is 0 Å². The zero-order valence-electron chi connectivity index (χ0n) is 31.8. The Morgan fingerprint density at radius 2 is 1.58 bits per heavy atom. The minimum atomic E-state index is -2.52. The number of unbranched alkanes of at least 4 members (excludes halogenated alkanes) is 1. The standard InChI is InChI=1S/C40H64N6O5S/c1-44-33(26-29-17-9-5-10-18-29)37(51)45-32(21-13-14-22-41)35(49)40(30-19-11-6-12-20-30,36(50)38-46(2,3)23-24-52-38)39(43,27-47)34(48)31(42)25-28-15-7-4-8-16-28/h5,9-10,17-18,27-28,30-33,38,44H,4,6-8,11-16,19-26,41-43H2,1-3H3/p+1/t31-,32+,33+,38-,39+,40?/m1/s1. The van der Waals surface area contributed by atoms with Crippen molar-refractivity contribution in [2.75, 3.05) is 40.0 Å². The molecule has 1 unspecified atom stereocenters. The molecule has 3 fully saturated rings. The lowest BCUT2D eigenvalue weighted by atomic mass is 9.51. The molecule has 0 bridgehead atoms. The number of thioether (sulfide) groups is 1. The molecular weight excluding hydrogens is 677 g/mol. The first-order chi connectivity index (χ1) is 24.9. The molecule has 12 heteroatoms.